The van der Waals surface area contributed by atoms with Crippen LogP contribution in [0.5, 0.6) is 5.75 Å². The summed E-state index contributed by atoms with van der Waals surface area (Å²) in [5.74, 6) is 1.28. The average Bonchev–Trinajstić information content (AvgIpc) is 2.68. The smallest absolute Gasteiger partial charge is 0.256 e. The Morgan fingerprint density at radius 2 is 2.00 bits per heavy atom. The fourth-order valence-corrected chi connectivity index (χ4v) is 3.86. The number of benzene rings is 2. The van der Waals surface area contributed by atoms with Crippen LogP contribution in [0.15, 0.2) is 48.5 Å². The Hall–Kier alpha value is -2.33. The van der Waals surface area contributed by atoms with E-state index in [1.807, 2.05) is 55.5 Å². The third kappa shape index (κ3) is 4.69. The molecule has 2 aromatic rings. The van der Waals surface area contributed by atoms with E-state index in [2.05, 4.69) is 12.2 Å². The molecule has 3 rings (SSSR count). The number of ether oxygens (including phenoxy) is 2. The van der Waals surface area contributed by atoms with E-state index in [0.717, 1.165) is 48.2 Å². The normalized spacial score (nSPS) is 22.3. The van der Waals surface area contributed by atoms with E-state index in [0.29, 0.717) is 12.5 Å². The lowest BCUT2D eigenvalue weighted by molar-refractivity contribution is -0.143. The third-order valence-electron chi connectivity index (χ3n) is 5.43. The summed E-state index contributed by atoms with van der Waals surface area (Å²) in [6, 6.07) is 15.8. The van der Waals surface area contributed by atoms with Crippen molar-refractivity contribution in [1.29, 1.82) is 0 Å². The minimum atomic E-state index is -0.714. The molecule has 2 aromatic carbocycles. The standard InChI is InChI=1S/C23H29NO3/c1-17-8-7-13-23(15-17,26-3)22(25)24-20-11-12-21(18(2)14-20)27-16-19-9-5-4-6-10-19/h4-6,9-12,14,17H,7-8,13,15-16H2,1-3H3,(H,24,25)/t17-,23+/m1/s1. The number of hydrogen-bond donors (Lipinski definition) is 1. The number of aryl methyl sites for hydroxylation is 1. The molecule has 0 heterocycles. The largest absolute Gasteiger partial charge is 0.489 e. The molecule has 1 N–H and O–H groups in total. The molecule has 1 fully saturated rings. The van der Waals surface area contributed by atoms with Gasteiger partial charge in [0.25, 0.3) is 5.91 Å². The van der Waals surface area contributed by atoms with E-state index in [9.17, 15) is 4.79 Å². The third-order valence-corrected chi connectivity index (χ3v) is 5.43. The van der Waals surface area contributed by atoms with Crippen molar-refractivity contribution in [2.45, 2.75) is 51.7 Å². The monoisotopic (exact) mass is 367 g/mol. The van der Waals surface area contributed by atoms with Crippen molar-refractivity contribution >= 4 is 11.6 Å². The van der Waals surface area contributed by atoms with Crippen LogP contribution in [-0.2, 0) is 16.1 Å². The van der Waals surface area contributed by atoms with Gasteiger partial charge in [-0.1, -0.05) is 43.7 Å². The van der Waals surface area contributed by atoms with Crippen LogP contribution in [0, 0.1) is 12.8 Å². The Labute approximate surface area is 161 Å². The van der Waals surface area contributed by atoms with Crippen LogP contribution in [0.4, 0.5) is 5.69 Å². The number of anilines is 1. The van der Waals surface area contributed by atoms with E-state index in [-0.39, 0.29) is 5.91 Å². The summed E-state index contributed by atoms with van der Waals surface area (Å²) < 4.78 is 11.6. The molecule has 1 aliphatic rings. The summed E-state index contributed by atoms with van der Waals surface area (Å²) in [6.45, 7) is 4.70. The summed E-state index contributed by atoms with van der Waals surface area (Å²) in [5, 5.41) is 3.05. The van der Waals surface area contributed by atoms with Crippen molar-refractivity contribution in [2.75, 3.05) is 12.4 Å². The van der Waals surface area contributed by atoms with Crippen LogP contribution in [0.25, 0.3) is 0 Å². The molecule has 1 aliphatic carbocycles. The first-order chi connectivity index (χ1) is 13.0. The van der Waals surface area contributed by atoms with Gasteiger partial charge < -0.3 is 14.8 Å². The fraction of sp³-hybridized carbons (Fsp3) is 0.435. The van der Waals surface area contributed by atoms with Crippen molar-refractivity contribution in [2.24, 2.45) is 5.92 Å². The average molecular weight is 367 g/mol. The second kappa shape index (κ2) is 8.57. The van der Waals surface area contributed by atoms with Crippen molar-refractivity contribution in [3.05, 3.63) is 59.7 Å². The van der Waals surface area contributed by atoms with Gasteiger partial charge in [-0.15, -0.1) is 0 Å². The Balaban J connectivity index is 1.65. The number of carbonyl (C=O) groups is 1. The van der Waals surface area contributed by atoms with Gasteiger partial charge in [-0.2, -0.15) is 0 Å². The van der Waals surface area contributed by atoms with Crippen LogP contribution in [-0.4, -0.2) is 18.6 Å². The molecule has 27 heavy (non-hydrogen) atoms. The maximum Gasteiger partial charge on any atom is 0.256 e. The molecule has 4 heteroatoms. The molecule has 4 nitrogen and oxygen atoms in total. The summed E-state index contributed by atoms with van der Waals surface area (Å²) in [5.41, 5.74) is 2.18. The number of nitrogens with one attached hydrogen (secondary N) is 1. The van der Waals surface area contributed by atoms with Crippen LogP contribution in [0.1, 0.15) is 43.7 Å². The van der Waals surface area contributed by atoms with Gasteiger partial charge >= 0.3 is 0 Å². The Morgan fingerprint density at radius 1 is 1.22 bits per heavy atom. The second-order valence-corrected chi connectivity index (χ2v) is 7.61. The van der Waals surface area contributed by atoms with Crippen molar-refractivity contribution in [3.8, 4) is 5.75 Å². The zero-order valence-electron chi connectivity index (χ0n) is 16.5. The molecule has 0 radical (unpaired) electrons. The molecule has 0 bridgehead atoms. The Morgan fingerprint density at radius 3 is 2.67 bits per heavy atom. The molecule has 0 spiro atoms. The predicted octanol–water partition coefficient (Wildman–Crippen LogP) is 5.11. The van der Waals surface area contributed by atoms with Gasteiger partial charge in [0, 0.05) is 12.8 Å². The number of amides is 1. The highest BCUT2D eigenvalue weighted by atomic mass is 16.5. The molecule has 1 saturated carbocycles. The number of carbonyl (C=O) groups excluding carboxylic acids is 1. The summed E-state index contributed by atoms with van der Waals surface area (Å²) >= 11 is 0. The Bertz CT molecular complexity index is 774. The lowest BCUT2D eigenvalue weighted by Gasteiger charge is -2.37. The molecule has 0 saturated heterocycles. The molecule has 2 atom stereocenters. The molecule has 0 unspecified atom stereocenters. The topological polar surface area (TPSA) is 47.6 Å². The summed E-state index contributed by atoms with van der Waals surface area (Å²) in [6.07, 6.45) is 3.72. The quantitative estimate of drug-likeness (QED) is 0.772. The number of hydrogen-bond acceptors (Lipinski definition) is 3. The molecule has 144 valence electrons. The van der Waals surface area contributed by atoms with Crippen LogP contribution >= 0.6 is 0 Å². The van der Waals surface area contributed by atoms with Gasteiger partial charge in [0.15, 0.2) is 0 Å². The highest BCUT2D eigenvalue weighted by Crippen LogP contribution is 2.36. The maximum atomic E-state index is 12.9. The SMILES string of the molecule is CO[C@@]1(C(=O)Nc2ccc(OCc3ccccc3)c(C)c2)CCC[C@@H](C)C1. The molecule has 0 aliphatic heterocycles. The van der Waals surface area contributed by atoms with E-state index < -0.39 is 5.60 Å². The zero-order valence-corrected chi connectivity index (χ0v) is 16.5. The van der Waals surface area contributed by atoms with Crippen molar-refractivity contribution in [3.63, 3.8) is 0 Å². The first-order valence-electron chi connectivity index (χ1n) is 9.66. The number of methoxy groups -OCH3 is 1. The van der Waals surface area contributed by atoms with Gasteiger partial charge in [-0.25, -0.2) is 0 Å². The van der Waals surface area contributed by atoms with Crippen molar-refractivity contribution < 1.29 is 14.3 Å². The van der Waals surface area contributed by atoms with E-state index in [1.165, 1.54) is 0 Å². The fourth-order valence-electron chi connectivity index (χ4n) is 3.86. The summed E-state index contributed by atoms with van der Waals surface area (Å²) in [7, 11) is 1.64. The molecule has 0 aromatic heterocycles. The summed E-state index contributed by atoms with van der Waals surface area (Å²) in [4.78, 5) is 12.9. The van der Waals surface area contributed by atoms with Gasteiger partial charge in [-0.05, 0) is 61.4 Å². The van der Waals surface area contributed by atoms with E-state index in [4.69, 9.17) is 9.47 Å². The van der Waals surface area contributed by atoms with Crippen LogP contribution < -0.4 is 10.1 Å². The molecular weight excluding hydrogens is 338 g/mol. The van der Waals surface area contributed by atoms with E-state index >= 15 is 0 Å². The Kier molecular flexibility index (Phi) is 6.17. The minimum Gasteiger partial charge on any atom is -0.489 e. The lowest BCUT2D eigenvalue weighted by Crippen LogP contribution is -2.47. The zero-order chi connectivity index (χ0) is 19.3. The number of rotatable bonds is 6. The highest BCUT2D eigenvalue weighted by Gasteiger charge is 2.42. The van der Waals surface area contributed by atoms with Crippen LogP contribution in [0.3, 0.4) is 0 Å². The van der Waals surface area contributed by atoms with Gasteiger partial charge in [0.2, 0.25) is 0 Å². The minimum absolute atomic E-state index is 0.0473. The predicted molar refractivity (Wildman–Crippen MR) is 108 cm³/mol. The van der Waals surface area contributed by atoms with Gasteiger partial charge in [0.05, 0.1) is 0 Å². The molecular formula is C23H29NO3. The lowest BCUT2D eigenvalue weighted by atomic mass is 9.78. The van der Waals surface area contributed by atoms with Gasteiger partial charge in [-0.3, -0.25) is 4.79 Å². The van der Waals surface area contributed by atoms with Gasteiger partial charge in [0.1, 0.15) is 18.0 Å². The van der Waals surface area contributed by atoms with Crippen LogP contribution in [0.2, 0.25) is 0 Å². The van der Waals surface area contributed by atoms with E-state index in [1.54, 1.807) is 7.11 Å². The maximum absolute atomic E-state index is 12.9. The first kappa shape index (κ1) is 19.4. The van der Waals surface area contributed by atoms with Crippen molar-refractivity contribution in [1.82, 2.24) is 0 Å². The molecule has 1 amide bonds. The highest BCUT2D eigenvalue weighted by molar-refractivity contribution is 5.97. The first-order valence-corrected chi connectivity index (χ1v) is 9.66. The second-order valence-electron chi connectivity index (χ2n) is 7.61.